The summed E-state index contributed by atoms with van der Waals surface area (Å²) in [5.74, 6) is 0.550. The molecule has 0 aromatic heterocycles. The van der Waals surface area contributed by atoms with Gasteiger partial charge in [-0.15, -0.1) is 0 Å². The van der Waals surface area contributed by atoms with E-state index in [0.717, 1.165) is 37.9 Å². The molecule has 0 heterocycles. The Morgan fingerprint density at radius 2 is 2.00 bits per heavy atom. The number of unbranched alkanes of at least 4 members (excludes halogenated alkanes) is 2. The zero-order valence-corrected chi connectivity index (χ0v) is 11.6. The predicted octanol–water partition coefficient (Wildman–Crippen LogP) is 3.99. The molecule has 0 unspecified atom stereocenters. The minimum atomic E-state index is -0.393. The first kappa shape index (κ1) is 15.3. The van der Waals surface area contributed by atoms with E-state index in [4.69, 9.17) is 4.74 Å². The summed E-state index contributed by atoms with van der Waals surface area (Å²) < 4.78 is 5.47. The van der Waals surface area contributed by atoms with Gasteiger partial charge in [-0.1, -0.05) is 26.7 Å². The normalized spacial score (nSPS) is 10.2. The molecule has 106 valence electrons. The van der Waals surface area contributed by atoms with E-state index in [-0.39, 0.29) is 5.69 Å². The lowest BCUT2D eigenvalue weighted by molar-refractivity contribution is -0.384. The van der Waals surface area contributed by atoms with E-state index in [0.29, 0.717) is 12.4 Å². The van der Waals surface area contributed by atoms with Gasteiger partial charge in [-0.25, -0.2) is 0 Å². The number of ether oxygens (including phenoxy) is 1. The van der Waals surface area contributed by atoms with Gasteiger partial charge in [-0.3, -0.25) is 10.1 Å². The minimum absolute atomic E-state index is 0.0617. The van der Waals surface area contributed by atoms with Crippen molar-refractivity contribution in [1.82, 2.24) is 0 Å². The van der Waals surface area contributed by atoms with E-state index >= 15 is 0 Å². The van der Waals surface area contributed by atoms with Gasteiger partial charge in [0.15, 0.2) is 0 Å². The first-order valence-electron chi connectivity index (χ1n) is 6.83. The molecule has 1 rings (SSSR count). The number of benzene rings is 1. The van der Waals surface area contributed by atoms with Crippen molar-refractivity contribution in [1.29, 1.82) is 0 Å². The third-order valence-corrected chi connectivity index (χ3v) is 2.68. The molecule has 0 bridgehead atoms. The maximum absolute atomic E-state index is 10.9. The summed E-state index contributed by atoms with van der Waals surface area (Å²) in [4.78, 5) is 10.5. The standard InChI is InChI=1S/C14H22N2O3/c1-3-5-6-7-15-12-9-13(16(17)18)11-14(10-12)19-8-4-2/h9-11,15H,3-8H2,1-2H3. The molecule has 0 spiro atoms. The Balaban J connectivity index is 2.72. The van der Waals surface area contributed by atoms with E-state index in [1.54, 1.807) is 6.07 Å². The Hall–Kier alpha value is -1.78. The maximum Gasteiger partial charge on any atom is 0.275 e. The Labute approximate surface area is 114 Å². The van der Waals surface area contributed by atoms with Gasteiger partial charge in [0.05, 0.1) is 17.6 Å². The van der Waals surface area contributed by atoms with E-state index in [2.05, 4.69) is 12.2 Å². The fourth-order valence-corrected chi connectivity index (χ4v) is 1.70. The van der Waals surface area contributed by atoms with Gasteiger partial charge in [-0.2, -0.15) is 0 Å². The molecular formula is C14H22N2O3. The summed E-state index contributed by atoms with van der Waals surface area (Å²) >= 11 is 0. The largest absolute Gasteiger partial charge is 0.493 e. The summed E-state index contributed by atoms with van der Waals surface area (Å²) in [7, 11) is 0. The second-order valence-electron chi connectivity index (χ2n) is 4.46. The van der Waals surface area contributed by atoms with Crippen LogP contribution in [0.3, 0.4) is 0 Å². The summed E-state index contributed by atoms with van der Waals surface area (Å²) in [6.45, 7) is 5.53. The second-order valence-corrected chi connectivity index (χ2v) is 4.46. The molecule has 0 fully saturated rings. The Bertz CT molecular complexity index is 408. The number of nitrogens with zero attached hydrogens (tertiary/aromatic N) is 1. The lowest BCUT2D eigenvalue weighted by Crippen LogP contribution is -2.03. The molecule has 0 saturated carbocycles. The SMILES string of the molecule is CCCCCNc1cc(OCCC)cc([N+](=O)[O-])c1. The van der Waals surface area contributed by atoms with Crippen LogP contribution in [0.25, 0.3) is 0 Å². The van der Waals surface area contributed by atoms with Gasteiger partial charge in [0.1, 0.15) is 5.75 Å². The number of rotatable bonds is 9. The molecule has 0 aliphatic rings. The van der Waals surface area contributed by atoms with Crippen molar-refractivity contribution in [2.45, 2.75) is 39.5 Å². The fraction of sp³-hybridized carbons (Fsp3) is 0.571. The number of hydrogen-bond donors (Lipinski definition) is 1. The average Bonchev–Trinajstić information content (AvgIpc) is 2.41. The van der Waals surface area contributed by atoms with Crippen LogP contribution in [-0.2, 0) is 0 Å². The summed E-state index contributed by atoms with van der Waals surface area (Å²) in [6.07, 6.45) is 4.24. The molecule has 1 N–H and O–H groups in total. The van der Waals surface area contributed by atoms with Gasteiger partial charge in [-0.05, 0) is 12.8 Å². The van der Waals surface area contributed by atoms with Crippen molar-refractivity contribution in [3.05, 3.63) is 28.3 Å². The van der Waals surface area contributed by atoms with Crippen LogP contribution in [0.1, 0.15) is 39.5 Å². The lowest BCUT2D eigenvalue weighted by Gasteiger charge is -2.09. The lowest BCUT2D eigenvalue weighted by atomic mass is 10.2. The molecule has 0 amide bonds. The molecule has 0 atom stereocenters. The zero-order chi connectivity index (χ0) is 14.1. The van der Waals surface area contributed by atoms with Gasteiger partial charge < -0.3 is 10.1 Å². The summed E-state index contributed by atoms with van der Waals surface area (Å²) in [5.41, 5.74) is 0.808. The molecule has 0 saturated heterocycles. The molecule has 19 heavy (non-hydrogen) atoms. The maximum atomic E-state index is 10.9. The van der Waals surface area contributed by atoms with Crippen LogP contribution in [0, 0.1) is 10.1 Å². The van der Waals surface area contributed by atoms with Crippen LogP contribution in [0.4, 0.5) is 11.4 Å². The van der Waals surface area contributed by atoms with Crippen molar-refractivity contribution in [2.75, 3.05) is 18.5 Å². The number of nitro benzene ring substituents is 1. The molecule has 0 radical (unpaired) electrons. The Kier molecular flexibility index (Phi) is 6.71. The third-order valence-electron chi connectivity index (χ3n) is 2.68. The highest BCUT2D eigenvalue weighted by Gasteiger charge is 2.10. The van der Waals surface area contributed by atoms with Crippen molar-refractivity contribution >= 4 is 11.4 Å². The summed E-state index contributed by atoms with van der Waals surface area (Å²) in [6, 6.07) is 4.83. The fourth-order valence-electron chi connectivity index (χ4n) is 1.70. The van der Waals surface area contributed by atoms with E-state index in [1.807, 2.05) is 13.0 Å². The second kappa shape index (κ2) is 8.34. The molecule has 5 nitrogen and oxygen atoms in total. The molecule has 0 aliphatic carbocycles. The molecule has 1 aromatic carbocycles. The van der Waals surface area contributed by atoms with Crippen LogP contribution in [-0.4, -0.2) is 18.1 Å². The van der Waals surface area contributed by atoms with Crippen LogP contribution < -0.4 is 10.1 Å². The highest BCUT2D eigenvalue weighted by molar-refractivity contribution is 5.56. The number of nitrogens with one attached hydrogen (secondary N) is 1. The van der Waals surface area contributed by atoms with Crippen molar-refractivity contribution < 1.29 is 9.66 Å². The number of anilines is 1. The number of non-ortho nitro benzene ring substituents is 1. The Morgan fingerprint density at radius 3 is 2.63 bits per heavy atom. The van der Waals surface area contributed by atoms with Crippen LogP contribution >= 0.6 is 0 Å². The zero-order valence-electron chi connectivity index (χ0n) is 11.6. The molecule has 1 aromatic rings. The van der Waals surface area contributed by atoms with E-state index < -0.39 is 4.92 Å². The topological polar surface area (TPSA) is 64.4 Å². The highest BCUT2D eigenvalue weighted by Crippen LogP contribution is 2.26. The smallest absolute Gasteiger partial charge is 0.275 e. The quantitative estimate of drug-likeness (QED) is 0.417. The van der Waals surface area contributed by atoms with E-state index in [9.17, 15) is 10.1 Å². The van der Waals surface area contributed by atoms with Crippen molar-refractivity contribution in [2.24, 2.45) is 0 Å². The Morgan fingerprint density at radius 1 is 1.21 bits per heavy atom. The van der Waals surface area contributed by atoms with Crippen LogP contribution in [0.2, 0.25) is 0 Å². The molecule has 5 heteroatoms. The average molecular weight is 266 g/mol. The first-order valence-corrected chi connectivity index (χ1v) is 6.83. The van der Waals surface area contributed by atoms with Gasteiger partial charge >= 0.3 is 0 Å². The molecular weight excluding hydrogens is 244 g/mol. The van der Waals surface area contributed by atoms with Gasteiger partial charge in [0.2, 0.25) is 0 Å². The number of nitro groups is 1. The van der Waals surface area contributed by atoms with Gasteiger partial charge in [0.25, 0.3) is 5.69 Å². The minimum Gasteiger partial charge on any atom is -0.493 e. The summed E-state index contributed by atoms with van der Waals surface area (Å²) in [5, 5.41) is 14.1. The van der Waals surface area contributed by atoms with E-state index in [1.165, 1.54) is 6.07 Å². The monoisotopic (exact) mass is 266 g/mol. The first-order chi connectivity index (χ1) is 9.17. The molecule has 0 aliphatic heterocycles. The van der Waals surface area contributed by atoms with Crippen molar-refractivity contribution in [3.63, 3.8) is 0 Å². The van der Waals surface area contributed by atoms with Crippen molar-refractivity contribution in [3.8, 4) is 5.75 Å². The third kappa shape index (κ3) is 5.59. The predicted molar refractivity (Wildman–Crippen MR) is 76.9 cm³/mol. The van der Waals surface area contributed by atoms with Crippen LogP contribution in [0.5, 0.6) is 5.75 Å². The van der Waals surface area contributed by atoms with Gasteiger partial charge in [0, 0.05) is 24.4 Å². The number of hydrogen-bond acceptors (Lipinski definition) is 4. The highest BCUT2D eigenvalue weighted by atomic mass is 16.6. The van der Waals surface area contributed by atoms with Crippen LogP contribution in [0.15, 0.2) is 18.2 Å².